The first kappa shape index (κ1) is 17.4. The normalized spacial score (nSPS) is 9.86. The largest absolute Gasteiger partial charge is 0.492 e. The lowest BCUT2D eigenvalue weighted by Gasteiger charge is -2.09. The van der Waals surface area contributed by atoms with Crippen LogP contribution in [0.1, 0.15) is 19.8 Å². The van der Waals surface area contributed by atoms with Crippen LogP contribution in [0.15, 0.2) is 18.2 Å². The van der Waals surface area contributed by atoms with Crippen LogP contribution < -0.4 is 15.6 Å². The minimum atomic E-state index is -0.699. The summed E-state index contributed by atoms with van der Waals surface area (Å²) in [7, 11) is 0. The van der Waals surface area contributed by atoms with Gasteiger partial charge >= 0.3 is 6.09 Å². The van der Waals surface area contributed by atoms with Crippen LogP contribution in [0.4, 0.5) is 4.79 Å². The molecule has 0 radical (unpaired) electrons. The Morgan fingerprint density at radius 3 is 2.67 bits per heavy atom. The standard InChI is InChI=1S/C13H16Cl2N2O4/c1-2-20-13(19)17-16-12(18)4-3-7-21-11-6-5-9(14)8-10(11)15/h5-6,8H,2-4,7H2,1H3,(H,16,18)(H,17,19). The quantitative estimate of drug-likeness (QED) is 0.619. The van der Waals surface area contributed by atoms with Gasteiger partial charge in [0.1, 0.15) is 5.75 Å². The van der Waals surface area contributed by atoms with E-state index in [0.29, 0.717) is 28.8 Å². The van der Waals surface area contributed by atoms with E-state index < -0.39 is 6.09 Å². The van der Waals surface area contributed by atoms with Crippen LogP contribution in [0.3, 0.4) is 0 Å². The van der Waals surface area contributed by atoms with Crippen molar-refractivity contribution in [1.82, 2.24) is 10.9 Å². The molecule has 0 spiro atoms. The van der Waals surface area contributed by atoms with Crippen molar-refractivity contribution in [2.24, 2.45) is 0 Å². The molecule has 0 atom stereocenters. The molecule has 8 heteroatoms. The van der Waals surface area contributed by atoms with E-state index in [1.54, 1.807) is 25.1 Å². The summed E-state index contributed by atoms with van der Waals surface area (Å²) in [5.74, 6) is 0.167. The smallest absolute Gasteiger partial charge is 0.426 e. The number of nitrogens with one attached hydrogen (secondary N) is 2. The maximum atomic E-state index is 11.4. The van der Waals surface area contributed by atoms with Crippen LogP contribution in [0.2, 0.25) is 10.0 Å². The molecule has 21 heavy (non-hydrogen) atoms. The van der Waals surface area contributed by atoms with Gasteiger partial charge in [0.15, 0.2) is 0 Å². The summed E-state index contributed by atoms with van der Waals surface area (Å²) in [6.07, 6.45) is -0.0394. The van der Waals surface area contributed by atoms with Crippen LogP contribution in [-0.2, 0) is 9.53 Å². The van der Waals surface area contributed by atoms with E-state index in [0.717, 1.165) is 0 Å². The minimum Gasteiger partial charge on any atom is -0.492 e. The van der Waals surface area contributed by atoms with Gasteiger partial charge in [-0.05, 0) is 31.5 Å². The van der Waals surface area contributed by atoms with Crippen molar-refractivity contribution in [2.75, 3.05) is 13.2 Å². The van der Waals surface area contributed by atoms with Gasteiger partial charge in [0.2, 0.25) is 5.91 Å². The van der Waals surface area contributed by atoms with Gasteiger partial charge in [0, 0.05) is 11.4 Å². The number of ether oxygens (including phenoxy) is 2. The molecule has 0 saturated heterocycles. The Bertz CT molecular complexity index is 497. The number of hydrogen-bond donors (Lipinski definition) is 2. The number of carbonyl (C=O) groups excluding carboxylic acids is 2. The highest BCUT2D eigenvalue weighted by atomic mass is 35.5. The fourth-order valence-electron chi connectivity index (χ4n) is 1.36. The second kappa shape index (κ2) is 9.31. The Morgan fingerprint density at radius 2 is 2.00 bits per heavy atom. The molecule has 1 aromatic carbocycles. The van der Waals surface area contributed by atoms with Gasteiger partial charge in [-0.2, -0.15) is 0 Å². The SMILES string of the molecule is CCOC(=O)NNC(=O)CCCOc1ccc(Cl)cc1Cl. The third-order valence-electron chi connectivity index (χ3n) is 2.28. The third kappa shape index (κ3) is 7.06. The molecule has 0 aliphatic rings. The molecule has 0 unspecified atom stereocenters. The molecule has 0 saturated carbocycles. The van der Waals surface area contributed by atoms with Crippen molar-refractivity contribution < 1.29 is 19.1 Å². The Balaban J connectivity index is 2.18. The summed E-state index contributed by atoms with van der Waals surface area (Å²) in [5, 5.41) is 0.938. The van der Waals surface area contributed by atoms with E-state index in [1.807, 2.05) is 0 Å². The van der Waals surface area contributed by atoms with Gasteiger partial charge < -0.3 is 9.47 Å². The predicted octanol–water partition coefficient (Wildman–Crippen LogP) is 2.93. The number of carbonyl (C=O) groups is 2. The summed E-state index contributed by atoms with van der Waals surface area (Å²) in [4.78, 5) is 22.3. The highest BCUT2D eigenvalue weighted by Gasteiger charge is 2.06. The van der Waals surface area contributed by atoms with Crippen molar-refractivity contribution in [2.45, 2.75) is 19.8 Å². The lowest BCUT2D eigenvalue weighted by atomic mass is 10.3. The van der Waals surface area contributed by atoms with Gasteiger partial charge in [-0.15, -0.1) is 0 Å². The lowest BCUT2D eigenvalue weighted by Crippen LogP contribution is -2.41. The number of benzene rings is 1. The van der Waals surface area contributed by atoms with Crippen molar-refractivity contribution in [3.63, 3.8) is 0 Å². The average molecular weight is 335 g/mol. The van der Waals surface area contributed by atoms with E-state index in [9.17, 15) is 9.59 Å². The van der Waals surface area contributed by atoms with Crippen LogP contribution in [0.25, 0.3) is 0 Å². The second-order valence-corrected chi connectivity index (χ2v) is 4.76. The summed E-state index contributed by atoms with van der Waals surface area (Å²) in [6, 6.07) is 4.90. The molecule has 0 heterocycles. The number of halogens is 2. The molecule has 0 aliphatic heterocycles. The fourth-order valence-corrected chi connectivity index (χ4v) is 1.82. The molecule has 0 aromatic heterocycles. The fraction of sp³-hybridized carbons (Fsp3) is 0.385. The first-order chi connectivity index (χ1) is 10.0. The first-order valence-electron chi connectivity index (χ1n) is 6.32. The zero-order valence-corrected chi connectivity index (χ0v) is 13.0. The average Bonchev–Trinajstić information content (AvgIpc) is 2.43. The molecule has 0 fully saturated rings. The molecular weight excluding hydrogens is 319 g/mol. The highest BCUT2D eigenvalue weighted by molar-refractivity contribution is 6.35. The molecule has 1 aromatic rings. The Hall–Kier alpha value is -1.66. The van der Waals surface area contributed by atoms with Gasteiger partial charge in [0.25, 0.3) is 0 Å². The zero-order chi connectivity index (χ0) is 15.7. The Morgan fingerprint density at radius 1 is 1.24 bits per heavy atom. The van der Waals surface area contributed by atoms with E-state index in [4.69, 9.17) is 27.9 Å². The number of rotatable bonds is 6. The summed E-state index contributed by atoms with van der Waals surface area (Å²) in [5.41, 5.74) is 4.34. The topological polar surface area (TPSA) is 76.7 Å². The molecule has 2 amide bonds. The number of hydrazine groups is 1. The summed E-state index contributed by atoms with van der Waals surface area (Å²) >= 11 is 11.7. The zero-order valence-electron chi connectivity index (χ0n) is 11.4. The Labute approximate surface area is 132 Å². The van der Waals surface area contributed by atoms with E-state index in [1.165, 1.54) is 0 Å². The van der Waals surface area contributed by atoms with E-state index >= 15 is 0 Å². The predicted molar refractivity (Wildman–Crippen MR) is 79.5 cm³/mol. The first-order valence-corrected chi connectivity index (χ1v) is 7.08. The van der Waals surface area contributed by atoms with Crippen LogP contribution in [0, 0.1) is 0 Å². The summed E-state index contributed by atoms with van der Waals surface area (Å²) < 4.78 is 10.0. The van der Waals surface area contributed by atoms with Crippen LogP contribution in [-0.4, -0.2) is 25.2 Å². The van der Waals surface area contributed by atoms with Gasteiger partial charge in [-0.1, -0.05) is 23.2 Å². The molecule has 0 bridgehead atoms. The third-order valence-corrected chi connectivity index (χ3v) is 2.81. The van der Waals surface area contributed by atoms with Gasteiger partial charge in [-0.3, -0.25) is 10.2 Å². The molecule has 1 rings (SSSR count). The van der Waals surface area contributed by atoms with Gasteiger partial charge in [-0.25, -0.2) is 10.2 Å². The van der Waals surface area contributed by atoms with E-state index in [-0.39, 0.29) is 18.9 Å². The van der Waals surface area contributed by atoms with Gasteiger partial charge in [0.05, 0.1) is 18.2 Å². The van der Waals surface area contributed by atoms with Crippen molar-refractivity contribution in [1.29, 1.82) is 0 Å². The molecule has 2 N–H and O–H groups in total. The molecule has 116 valence electrons. The van der Waals surface area contributed by atoms with E-state index in [2.05, 4.69) is 15.6 Å². The Kier molecular flexibility index (Phi) is 7.71. The number of hydrogen-bond acceptors (Lipinski definition) is 4. The monoisotopic (exact) mass is 334 g/mol. The molecule has 6 nitrogen and oxygen atoms in total. The van der Waals surface area contributed by atoms with Crippen LogP contribution in [0.5, 0.6) is 5.75 Å². The van der Waals surface area contributed by atoms with Crippen molar-refractivity contribution in [3.05, 3.63) is 28.2 Å². The number of amides is 2. The maximum Gasteiger partial charge on any atom is 0.426 e. The lowest BCUT2D eigenvalue weighted by molar-refractivity contribution is -0.122. The van der Waals surface area contributed by atoms with Crippen molar-refractivity contribution >= 4 is 35.2 Å². The summed E-state index contributed by atoms with van der Waals surface area (Å²) in [6.45, 7) is 2.21. The highest BCUT2D eigenvalue weighted by Crippen LogP contribution is 2.27. The minimum absolute atomic E-state index is 0.192. The second-order valence-electron chi connectivity index (χ2n) is 3.92. The maximum absolute atomic E-state index is 11.4. The van der Waals surface area contributed by atoms with Crippen LogP contribution >= 0.6 is 23.2 Å². The molecular formula is C13H16Cl2N2O4. The van der Waals surface area contributed by atoms with Crippen molar-refractivity contribution in [3.8, 4) is 5.75 Å². The molecule has 0 aliphatic carbocycles.